The monoisotopic (exact) mass is 342 g/mol. The highest BCUT2D eigenvalue weighted by atomic mass is 19.1. The molecule has 2 aromatic rings. The summed E-state index contributed by atoms with van der Waals surface area (Å²) in [5, 5.41) is 9.49. The molecule has 6 heteroatoms. The molecule has 130 valence electrons. The molecule has 2 aromatic carbocycles. The Labute approximate surface area is 145 Å². The molecule has 1 aliphatic rings. The van der Waals surface area contributed by atoms with Crippen LogP contribution in [0.2, 0.25) is 0 Å². The Morgan fingerprint density at radius 2 is 1.60 bits per heavy atom. The smallest absolute Gasteiger partial charge is 0.254 e. The van der Waals surface area contributed by atoms with Crippen molar-refractivity contribution in [2.75, 3.05) is 26.2 Å². The zero-order valence-electron chi connectivity index (χ0n) is 13.7. The van der Waals surface area contributed by atoms with Crippen molar-refractivity contribution in [3.63, 3.8) is 0 Å². The van der Waals surface area contributed by atoms with Crippen LogP contribution in [-0.4, -0.2) is 52.9 Å². The first-order chi connectivity index (χ1) is 12.0. The van der Waals surface area contributed by atoms with E-state index in [2.05, 4.69) is 0 Å². The molecule has 1 N–H and O–H groups in total. The molecule has 0 radical (unpaired) electrons. The number of piperazine rings is 1. The summed E-state index contributed by atoms with van der Waals surface area (Å²) in [7, 11) is 0. The summed E-state index contributed by atoms with van der Waals surface area (Å²) < 4.78 is 12.9. The second kappa shape index (κ2) is 7.34. The second-order valence-corrected chi connectivity index (χ2v) is 6.03. The quantitative estimate of drug-likeness (QED) is 0.929. The Hall–Kier alpha value is -2.89. The van der Waals surface area contributed by atoms with Gasteiger partial charge in [-0.15, -0.1) is 0 Å². The van der Waals surface area contributed by atoms with Gasteiger partial charge in [-0.1, -0.05) is 18.2 Å². The normalized spacial score (nSPS) is 14.4. The summed E-state index contributed by atoms with van der Waals surface area (Å²) >= 11 is 0. The van der Waals surface area contributed by atoms with Crippen molar-refractivity contribution in [1.29, 1.82) is 0 Å². The molecule has 3 rings (SSSR count). The number of phenolic OH excluding ortho intramolecular Hbond substituents is 1. The lowest BCUT2D eigenvalue weighted by Gasteiger charge is -2.35. The summed E-state index contributed by atoms with van der Waals surface area (Å²) in [6.45, 7) is 1.82. The van der Waals surface area contributed by atoms with Crippen LogP contribution in [0.1, 0.15) is 15.9 Å². The number of amides is 2. The Kier molecular flexibility index (Phi) is 4.97. The Morgan fingerprint density at radius 3 is 2.24 bits per heavy atom. The van der Waals surface area contributed by atoms with Crippen LogP contribution >= 0.6 is 0 Å². The molecule has 0 saturated carbocycles. The number of carbonyl (C=O) groups excluding carboxylic acids is 2. The van der Waals surface area contributed by atoms with Crippen LogP contribution in [-0.2, 0) is 11.2 Å². The second-order valence-electron chi connectivity index (χ2n) is 6.03. The highest BCUT2D eigenvalue weighted by Crippen LogP contribution is 2.15. The number of phenols is 1. The van der Waals surface area contributed by atoms with Crippen molar-refractivity contribution >= 4 is 11.8 Å². The highest BCUT2D eigenvalue weighted by molar-refractivity contribution is 5.94. The van der Waals surface area contributed by atoms with Crippen LogP contribution in [0, 0.1) is 5.82 Å². The number of carbonyl (C=O) groups is 2. The first-order valence-corrected chi connectivity index (χ1v) is 8.13. The van der Waals surface area contributed by atoms with Crippen LogP contribution < -0.4 is 0 Å². The fourth-order valence-electron chi connectivity index (χ4n) is 2.87. The third kappa shape index (κ3) is 4.15. The number of rotatable bonds is 3. The largest absolute Gasteiger partial charge is 0.508 e. The van der Waals surface area contributed by atoms with Crippen molar-refractivity contribution in [1.82, 2.24) is 9.80 Å². The molecule has 0 atom stereocenters. The van der Waals surface area contributed by atoms with Crippen LogP contribution in [0.4, 0.5) is 4.39 Å². The van der Waals surface area contributed by atoms with Gasteiger partial charge in [0, 0.05) is 31.7 Å². The molecule has 25 heavy (non-hydrogen) atoms. The van der Waals surface area contributed by atoms with Gasteiger partial charge in [0.05, 0.1) is 6.42 Å². The van der Waals surface area contributed by atoms with Crippen LogP contribution in [0.3, 0.4) is 0 Å². The van der Waals surface area contributed by atoms with Gasteiger partial charge in [0.1, 0.15) is 11.6 Å². The van der Waals surface area contributed by atoms with E-state index in [0.717, 1.165) is 5.56 Å². The van der Waals surface area contributed by atoms with E-state index in [0.29, 0.717) is 31.7 Å². The summed E-state index contributed by atoms with van der Waals surface area (Å²) in [5.41, 5.74) is 1.20. The van der Waals surface area contributed by atoms with E-state index in [1.54, 1.807) is 34.1 Å². The molecule has 1 heterocycles. The zero-order valence-corrected chi connectivity index (χ0v) is 13.7. The summed E-state index contributed by atoms with van der Waals surface area (Å²) in [5.74, 6) is -0.452. The van der Waals surface area contributed by atoms with E-state index in [1.807, 2.05) is 0 Å². The molecule has 0 aromatic heterocycles. The minimum atomic E-state index is -0.324. The van der Waals surface area contributed by atoms with Crippen molar-refractivity contribution in [3.8, 4) is 5.75 Å². The molecule has 1 saturated heterocycles. The first kappa shape index (κ1) is 17.0. The van der Waals surface area contributed by atoms with Gasteiger partial charge in [-0.3, -0.25) is 9.59 Å². The Balaban J connectivity index is 1.55. The van der Waals surface area contributed by atoms with Crippen LogP contribution in [0.25, 0.3) is 0 Å². The summed E-state index contributed by atoms with van der Waals surface area (Å²) in [6.07, 6.45) is 0.223. The van der Waals surface area contributed by atoms with E-state index >= 15 is 0 Å². The molecular formula is C19H19FN2O3. The molecule has 0 aliphatic carbocycles. The zero-order chi connectivity index (χ0) is 17.8. The molecular weight excluding hydrogens is 323 g/mol. The van der Waals surface area contributed by atoms with Gasteiger partial charge in [-0.25, -0.2) is 4.39 Å². The number of halogens is 1. The van der Waals surface area contributed by atoms with Crippen LogP contribution in [0.15, 0.2) is 48.5 Å². The number of hydrogen-bond acceptors (Lipinski definition) is 3. The maximum absolute atomic E-state index is 12.9. The average Bonchev–Trinajstić information content (AvgIpc) is 2.63. The van der Waals surface area contributed by atoms with Crippen molar-refractivity contribution in [2.24, 2.45) is 0 Å². The molecule has 0 spiro atoms. The van der Waals surface area contributed by atoms with E-state index in [9.17, 15) is 19.1 Å². The maximum Gasteiger partial charge on any atom is 0.254 e. The van der Waals surface area contributed by atoms with E-state index in [1.165, 1.54) is 24.3 Å². The van der Waals surface area contributed by atoms with Gasteiger partial charge in [-0.05, 0) is 35.9 Å². The minimum Gasteiger partial charge on any atom is -0.508 e. The SMILES string of the molecule is O=C(Cc1ccc(F)cc1)N1CCN(C(=O)c2cccc(O)c2)CC1. The van der Waals surface area contributed by atoms with E-state index in [4.69, 9.17) is 0 Å². The minimum absolute atomic E-state index is 0.0314. The number of benzene rings is 2. The molecule has 2 amide bonds. The number of nitrogens with zero attached hydrogens (tertiary/aromatic N) is 2. The predicted molar refractivity (Wildman–Crippen MR) is 90.7 cm³/mol. The van der Waals surface area contributed by atoms with Gasteiger partial charge in [0.25, 0.3) is 5.91 Å². The fourth-order valence-corrected chi connectivity index (χ4v) is 2.87. The lowest BCUT2D eigenvalue weighted by Crippen LogP contribution is -2.51. The fraction of sp³-hybridized carbons (Fsp3) is 0.263. The Morgan fingerprint density at radius 1 is 0.960 bits per heavy atom. The average molecular weight is 342 g/mol. The van der Waals surface area contributed by atoms with Gasteiger partial charge >= 0.3 is 0 Å². The molecule has 1 fully saturated rings. The third-order valence-electron chi connectivity index (χ3n) is 4.28. The van der Waals surface area contributed by atoms with E-state index in [-0.39, 0.29) is 29.8 Å². The number of hydrogen-bond donors (Lipinski definition) is 1. The standard InChI is InChI=1S/C19H19FN2O3/c20-16-6-4-14(5-7-16)12-18(24)21-8-10-22(11-9-21)19(25)15-2-1-3-17(23)13-15/h1-7,13,23H,8-12H2. The molecule has 0 bridgehead atoms. The summed E-state index contributed by atoms with van der Waals surface area (Å²) in [4.78, 5) is 28.2. The highest BCUT2D eigenvalue weighted by Gasteiger charge is 2.25. The van der Waals surface area contributed by atoms with Crippen molar-refractivity contribution in [2.45, 2.75) is 6.42 Å². The van der Waals surface area contributed by atoms with Gasteiger partial charge in [0.2, 0.25) is 5.91 Å². The van der Waals surface area contributed by atoms with E-state index < -0.39 is 0 Å². The van der Waals surface area contributed by atoms with Gasteiger partial charge in [0.15, 0.2) is 0 Å². The topological polar surface area (TPSA) is 60.9 Å². The van der Waals surface area contributed by atoms with Gasteiger partial charge in [-0.2, -0.15) is 0 Å². The number of aromatic hydroxyl groups is 1. The Bertz CT molecular complexity index is 768. The summed E-state index contributed by atoms with van der Waals surface area (Å²) in [6, 6.07) is 12.1. The van der Waals surface area contributed by atoms with Gasteiger partial charge < -0.3 is 14.9 Å². The third-order valence-corrected chi connectivity index (χ3v) is 4.28. The molecule has 1 aliphatic heterocycles. The lowest BCUT2D eigenvalue weighted by molar-refractivity contribution is -0.131. The molecule has 0 unspecified atom stereocenters. The lowest BCUT2D eigenvalue weighted by atomic mass is 10.1. The first-order valence-electron chi connectivity index (χ1n) is 8.13. The van der Waals surface area contributed by atoms with Crippen LogP contribution in [0.5, 0.6) is 5.75 Å². The van der Waals surface area contributed by atoms with Crippen molar-refractivity contribution < 1.29 is 19.1 Å². The maximum atomic E-state index is 12.9. The predicted octanol–water partition coefficient (Wildman–Crippen LogP) is 2.06. The van der Waals surface area contributed by atoms with Crippen molar-refractivity contribution in [3.05, 3.63) is 65.5 Å². The molecule has 5 nitrogen and oxygen atoms in total.